The standard InChI is InChI=1S/C8H9N3O3S/c9-8(12)5-10-6-1-3-7(4-2-6)11-15(13)14/h1-5,11H,(H2,9,12)(H,13,14). The largest absolute Gasteiger partial charge is 0.365 e. The third-order valence-electron chi connectivity index (χ3n) is 1.41. The Hall–Kier alpha value is -1.73. The molecule has 0 heterocycles. The number of amides is 1. The fraction of sp³-hybridized carbons (Fsp3) is 0. The fourth-order valence-corrected chi connectivity index (χ4v) is 1.19. The summed E-state index contributed by atoms with van der Waals surface area (Å²) >= 11 is -2.10. The van der Waals surface area contributed by atoms with E-state index in [-0.39, 0.29) is 0 Å². The van der Waals surface area contributed by atoms with E-state index in [1.165, 1.54) is 0 Å². The topological polar surface area (TPSA) is 105 Å². The van der Waals surface area contributed by atoms with Crippen molar-refractivity contribution >= 4 is 34.8 Å². The van der Waals surface area contributed by atoms with Gasteiger partial charge in [0.15, 0.2) is 0 Å². The molecule has 0 aromatic heterocycles. The molecular weight excluding hydrogens is 218 g/mol. The lowest BCUT2D eigenvalue weighted by atomic mass is 10.3. The van der Waals surface area contributed by atoms with Crippen LogP contribution in [0.1, 0.15) is 0 Å². The molecular formula is C8H9N3O3S. The number of nitrogens with two attached hydrogens (primary N) is 1. The van der Waals surface area contributed by atoms with Crippen molar-refractivity contribution in [1.82, 2.24) is 0 Å². The third kappa shape index (κ3) is 4.34. The van der Waals surface area contributed by atoms with Gasteiger partial charge in [0, 0.05) is 5.69 Å². The van der Waals surface area contributed by atoms with Gasteiger partial charge in [-0.1, -0.05) is 0 Å². The van der Waals surface area contributed by atoms with Gasteiger partial charge in [0.2, 0.25) is 0 Å². The maximum atomic E-state index is 10.4. The van der Waals surface area contributed by atoms with Crippen LogP contribution in [0, 0.1) is 0 Å². The number of hydrogen-bond acceptors (Lipinski definition) is 3. The summed E-state index contributed by atoms with van der Waals surface area (Å²) in [7, 11) is 0. The molecule has 1 rings (SSSR count). The van der Waals surface area contributed by atoms with E-state index in [9.17, 15) is 9.00 Å². The van der Waals surface area contributed by atoms with Crippen LogP contribution < -0.4 is 10.5 Å². The molecule has 0 saturated heterocycles. The summed E-state index contributed by atoms with van der Waals surface area (Å²) < 4.78 is 21.2. The number of carbonyl (C=O) groups is 1. The van der Waals surface area contributed by atoms with Crippen LogP contribution >= 0.6 is 0 Å². The molecule has 0 fully saturated rings. The highest BCUT2D eigenvalue weighted by atomic mass is 32.2. The van der Waals surface area contributed by atoms with E-state index >= 15 is 0 Å². The maximum absolute atomic E-state index is 10.4. The first-order chi connectivity index (χ1) is 7.08. The summed E-state index contributed by atoms with van der Waals surface area (Å²) in [5.74, 6) is -0.631. The van der Waals surface area contributed by atoms with E-state index in [1.807, 2.05) is 0 Å². The van der Waals surface area contributed by atoms with Gasteiger partial charge < -0.3 is 5.73 Å². The lowest BCUT2D eigenvalue weighted by Crippen LogP contribution is -2.10. The Balaban J connectivity index is 2.72. The van der Waals surface area contributed by atoms with Crippen molar-refractivity contribution in [3.63, 3.8) is 0 Å². The monoisotopic (exact) mass is 227 g/mol. The van der Waals surface area contributed by atoms with E-state index in [1.54, 1.807) is 24.3 Å². The minimum atomic E-state index is -2.10. The van der Waals surface area contributed by atoms with E-state index in [4.69, 9.17) is 10.3 Å². The lowest BCUT2D eigenvalue weighted by molar-refractivity contribution is -0.111. The molecule has 1 atom stereocenters. The van der Waals surface area contributed by atoms with Gasteiger partial charge in [-0.25, -0.2) is 4.21 Å². The molecule has 0 radical (unpaired) electrons. The Morgan fingerprint density at radius 1 is 1.47 bits per heavy atom. The molecule has 80 valence electrons. The number of aliphatic imine (C=N–C) groups is 1. The number of anilines is 1. The van der Waals surface area contributed by atoms with Crippen molar-refractivity contribution < 1.29 is 13.6 Å². The number of benzene rings is 1. The summed E-state index contributed by atoms with van der Waals surface area (Å²) in [5, 5.41) is 0. The molecule has 4 N–H and O–H groups in total. The van der Waals surface area contributed by atoms with Gasteiger partial charge in [0.05, 0.1) is 11.9 Å². The van der Waals surface area contributed by atoms with E-state index < -0.39 is 17.2 Å². The molecule has 1 aromatic carbocycles. The van der Waals surface area contributed by atoms with Crippen molar-refractivity contribution in [1.29, 1.82) is 0 Å². The predicted molar refractivity (Wildman–Crippen MR) is 58.2 cm³/mol. The molecule has 1 amide bonds. The van der Waals surface area contributed by atoms with Gasteiger partial charge >= 0.3 is 0 Å². The molecule has 7 heteroatoms. The zero-order chi connectivity index (χ0) is 11.3. The normalized spacial score (nSPS) is 12.6. The Morgan fingerprint density at radius 2 is 2.07 bits per heavy atom. The zero-order valence-electron chi connectivity index (χ0n) is 7.58. The molecule has 1 unspecified atom stereocenters. The second-order valence-electron chi connectivity index (χ2n) is 2.56. The van der Waals surface area contributed by atoms with Crippen LogP contribution in [0.5, 0.6) is 0 Å². The van der Waals surface area contributed by atoms with Crippen LogP contribution in [-0.2, 0) is 16.1 Å². The SMILES string of the molecule is NC(=O)C=Nc1ccc(NS(=O)O)cc1. The van der Waals surface area contributed by atoms with Gasteiger partial charge in [0.1, 0.15) is 0 Å². The number of hydrogen-bond donors (Lipinski definition) is 3. The first-order valence-electron chi connectivity index (χ1n) is 3.89. The lowest BCUT2D eigenvalue weighted by Gasteiger charge is -2.00. The fourth-order valence-electron chi connectivity index (χ4n) is 0.855. The Labute approximate surface area is 88.6 Å². The van der Waals surface area contributed by atoms with Crippen LogP contribution in [0.3, 0.4) is 0 Å². The van der Waals surface area contributed by atoms with Gasteiger partial charge in [-0.15, -0.1) is 0 Å². The first-order valence-corrected chi connectivity index (χ1v) is 4.99. The van der Waals surface area contributed by atoms with Crippen molar-refractivity contribution in [2.24, 2.45) is 10.7 Å². The molecule has 15 heavy (non-hydrogen) atoms. The van der Waals surface area contributed by atoms with Crippen molar-refractivity contribution in [2.45, 2.75) is 0 Å². The predicted octanol–water partition coefficient (Wildman–Crippen LogP) is 0.423. The number of rotatable bonds is 4. The first kappa shape index (κ1) is 11.3. The average molecular weight is 227 g/mol. The minimum absolute atomic E-state index is 0.480. The highest BCUT2D eigenvalue weighted by molar-refractivity contribution is 7.80. The summed E-state index contributed by atoms with van der Waals surface area (Å²) in [6.07, 6.45) is 0.993. The van der Waals surface area contributed by atoms with Crippen LogP contribution in [0.25, 0.3) is 0 Å². The molecule has 0 aliphatic heterocycles. The number of nitrogens with zero attached hydrogens (tertiary/aromatic N) is 1. The minimum Gasteiger partial charge on any atom is -0.365 e. The van der Waals surface area contributed by atoms with Crippen molar-refractivity contribution in [3.05, 3.63) is 24.3 Å². The average Bonchev–Trinajstić information content (AvgIpc) is 2.16. The van der Waals surface area contributed by atoms with Crippen LogP contribution in [0.4, 0.5) is 11.4 Å². The number of nitrogens with one attached hydrogen (secondary N) is 1. The second kappa shape index (κ2) is 5.23. The molecule has 0 aliphatic rings. The highest BCUT2D eigenvalue weighted by Gasteiger charge is 1.95. The van der Waals surface area contributed by atoms with E-state index in [0.717, 1.165) is 6.21 Å². The molecule has 1 aromatic rings. The number of primary amides is 1. The van der Waals surface area contributed by atoms with Crippen LogP contribution in [0.15, 0.2) is 29.3 Å². The van der Waals surface area contributed by atoms with Crippen LogP contribution in [-0.4, -0.2) is 20.9 Å². The smallest absolute Gasteiger partial charge is 0.259 e. The molecule has 0 saturated carbocycles. The maximum Gasteiger partial charge on any atom is 0.259 e. The van der Waals surface area contributed by atoms with Gasteiger partial charge in [-0.3, -0.25) is 19.1 Å². The highest BCUT2D eigenvalue weighted by Crippen LogP contribution is 2.15. The Bertz CT molecular complexity index is 402. The summed E-state index contributed by atoms with van der Waals surface area (Å²) in [6.45, 7) is 0. The Morgan fingerprint density at radius 3 is 2.53 bits per heavy atom. The molecule has 0 aliphatic carbocycles. The summed E-state index contributed by atoms with van der Waals surface area (Å²) in [4.78, 5) is 14.1. The third-order valence-corrected chi connectivity index (χ3v) is 1.82. The zero-order valence-corrected chi connectivity index (χ0v) is 8.40. The molecule has 6 nitrogen and oxygen atoms in total. The van der Waals surface area contributed by atoms with Gasteiger partial charge in [0.25, 0.3) is 17.2 Å². The quantitative estimate of drug-likeness (QED) is 0.512. The summed E-state index contributed by atoms with van der Waals surface area (Å²) in [5.41, 5.74) is 5.87. The van der Waals surface area contributed by atoms with Gasteiger partial charge in [-0.2, -0.15) is 0 Å². The van der Waals surface area contributed by atoms with Crippen LogP contribution in [0.2, 0.25) is 0 Å². The molecule has 0 bridgehead atoms. The molecule has 0 spiro atoms. The van der Waals surface area contributed by atoms with E-state index in [2.05, 4.69) is 9.71 Å². The second-order valence-corrected chi connectivity index (χ2v) is 3.26. The van der Waals surface area contributed by atoms with E-state index in [0.29, 0.717) is 11.4 Å². The van der Waals surface area contributed by atoms with Crippen molar-refractivity contribution in [3.8, 4) is 0 Å². The van der Waals surface area contributed by atoms with Crippen molar-refractivity contribution in [2.75, 3.05) is 4.72 Å². The Kier molecular flexibility index (Phi) is 3.95. The summed E-state index contributed by atoms with van der Waals surface area (Å²) in [6, 6.07) is 6.27. The number of carbonyl (C=O) groups excluding carboxylic acids is 1. The van der Waals surface area contributed by atoms with Gasteiger partial charge in [-0.05, 0) is 24.3 Å².